The topological polar surface area (TPSA) is 90.1 Å². The molecule has 0 aromatic carbocycles. The molecule has 106 valence electrons. The van der Waals surface area contributed by atoms with Gasteiger partial charge in [0, 0.05) is 7.11 Å². The molecule has 0 bridgehead atoms. The van der Waals surface area contributed by atoms with Crippen LogP contribution in [0.3, 0.4) is 0 Å². The first kappa shape index (κ1) is 14.5. The Morgan fingerprint density at radius 2 is 2.25 bits per heavy atom. The van der Waals surface area contributed by atoms with Crippen LogP contribution in [-0.4, -0.2) is 43.9 Å². The molecule has 0 radical (unpaired) electrons. The van der Waals surface area contributed by atoms with E-state index in [1.54, 1.807) is 23.9 Å². The summed E-state index contributed by atoms with van der Waals surface area (Å²) in [6.45, 7) is 2.20. The molecule has 0 saturated carbocycles. The van der Waals surface area contributed by atoms with Crippen LogP contribution in [-0.2, 0) is 16.1 Å². The maximum atomic E-state index is 10.7. The van der Waals surface area contributed by atoms with Crippen molar-refractivity contribution in [3.8, 4) is 5.82 Å². The molecule has 0 amide bonds. The van der Waals surface area contributed by atoms with Gasteiger partial charge in [-0.05, 0) is 25.1 Å². The standard InChI is InChI=1S/C12H14N4O3S/c1-8-3-4-10(14-13-8)16-11(20-7-12(17)18)5-9(15-16)6-19-2/h3-5H,6-7H2,1-2H3,(H,17,18). The molecule has 2 aromatic rings. The van der Waals surface area contributed by atoms with Gasteiger partial charge >= 0.3 is 5.97 Å². The fourth-order valence-electron chi connectivity index (χ4n) is 1.54. The van der Waals surface area contributed by atoms with Crippen molar-refractivity contribution in [2.75, 3.05) is 12.9 Å². The number of hydrogen-bond acceptors (Lipinski definition) is 6. The van der Waals surface area contributed by atoms with Crippen molar-refractivity contribution in [3.63, 3.8) is 0 Å². The zero-order valence-electron chi connectivity index (χ0n) is 11.1. The summed E-state index contributed by atoms with van der Waals surface area (Å²) in [6.07, 6.45) is 0. The molecule has 0 spiro atoms. The van der Waals surface area contributed by atoms with Crippen molar-refractivity contribution in [3.05, 3.63) is 29.6 Å². The second-order valence-electron chi connectivity index (χ2n) is 4.03. The third-order valence-electron chi connectivity index (χ3n) is 2.36. The van der Waals surface area contributed by atoms with E-state index in [0.717, 1.165) is 5.69 Å². The Balaban J connectivity index is 2.33. The van der Waals surface area contributed by atoms with E-state index in [1.807, 2.05) is 13.0 Å². The van der Waals surface area contributed by atoms with E-state index in [-0.39, 0.29) is 5.75 Å². The minimum Gasteiger partial charge on any atom is -0.481 e. The lowest BCUT2D eigenvalue weighted by molar-refractivity contribution is -0.133. The molecule has 0 fully saturated rings. The Morgan fingerprint density at radius 1 is 1.45 bits per heavy atom. The van der Waals surface area contributed by atoms with Crippen LogP contribution in [0, 0.1) is 6.92 Å². The first-order chi connectivity index (χ1) is 9.60. The van der Waals surface area contributed by atoms with Crippen LogP contribution < -0.4 is 0 Å². The van der Waals surface area contributed by atoms with Crippen LogP contribution in [0.25, 0.3) is 5.82 Å². The zero-order chi connectivity index (χ0) is 14.5. The summed E-state index contributed by atoms with van der Waals surface area (Å²) in [7, 11) is 1.58. The molecule has 20 heavy (non-hydrogen) atoms. The SMILES string of the molecule is COCc1cc(SCC(=O)O)n(-c2ccc(C)nn2)n1. The highest BCUT2D eigenvalue weighted by molar-refractivity contribution is 7.99. The first-order valence-corrected chi connectivity index (χ1v) is 6.82. The molecule has 0 unspecified atom stereocenters. The van der Waals surface area contributed by atoms with E-state index >= 15 is 0 Å². The number of ether oxygens (including phenoxy) is 1. The second-order valence-corrected chi connectivity index (χ2v) is 5.03. The Morgan fingerprint density at radius 3 is 2.85 bits per heavy atom. The molecule has 7 nitrogen and oxygen atoms in total. The molecule has 0 aliphatic carbocycles. The summed E-state index contributed by atoms with van der Waals surface area (Å²) in [6, 6.07) is 5.40. The van der Waals surface area contributed by atoms with Crippen molar-refractivity contribution in [2.24, 2.45) is 0 Å². The molecule has 2 heterocycles. The van der Waals surface area contributed by atoms with Crippen LogP contribution in [0.15, 0.2) is 23.2 Å². The number of thioether (sulfide) groups is 1. The van der Waals surface area contributed by atoms with Gasteiger partial charge in [-0.15, -0.1) is 5.10 Å². The maximum absolute atomic E-state index is 10.7. The van der Waals surface area contributed by atoms with Crippen LogP contribution in [0.2, 0.25) is 0 Å². The summed E-state index contributed by atoms with van der Waals surface area (Å²) >= 11 is 1.18. The Labute approximate surface area is 120 Å². The molecular weight excluding hydrogens is 280 g/mol. The highest BCUT2D eigenvalue weighted by atomic mass is 32.2. The normalized spacial score (nSPS) is 10.7. The van der Waals surface area contributed by atoms with E-state index in [1.165, 1.54) is 11.8 Å². The van der Waals surface area contributed by atoms with Gasteiger partial charge in [0.2, 0.25) is 0 Å². The lowest BCUT2D eigenvalue weighted by Crippen LogP contribution is -2.05. The van der Waals surface area contributed by atoms with Crippen LogP contribution >= 0.6 is 11.8 Å². The number of aryl methyl sites for hydroxylation is 1. The average Bonchev–Trinajstić information content (AvgIpc) is 2.81. The van der Waals surface area contributed by atoms with Gasteiger partial charge in [0.15, 0.2) is 5.82 Å². The summed E-state index contributed by atoms with van der Waals surface area (Å²) in [5, 5.41) is 21.9. The predicted octanol–water partition coefficient (Wildman–Crippen LogP) is 1.29. The van der Waals surface area contributed by atoms with Crippen molar-refractivity contribution in [1.82, 2.24) is 20.0 Å². The maximum Gasteiger partial charge on any atom is 0.313 e. The molecule has 0 aliphatic rings. The lowest BCUT2D eigenvalue weighted by atomic mass is 10.4. The van der Waals surface area contributed by atoms with Gasteiger partial charge in [-0.2, -0.15) is 10.2 Å². The number of nitrogens with zero attached hydrogens (tertiary/aromatic N) is 4. The second kappa shape index (κ2) is 6.49. The van der Waals surface area contributed by atoms with E-state index in [9.17, 15) is 4.79 Å². The number of carboxylic acids is 1. The van der Waals surface area contributed by atoms with Gasteiger partial charge in [0.05, 0.1) is 23.7 Å². The molecule has 8 heteroatoms. The number of rotatable bonds is 6. The van der Waals surface area contributed by atoms with Crippen molar-refractivity contribution >= 4 is 17.7 Å². The van der Waals surface area contributed by atoms with Crippen molar-refractivity contribution in [1.29, 1.82) is 0 Å². The molecule has 0 atom stereocenters. The van der Waals surface area contributed by atoms with Gasteiger partial charge in [-0.1, -0.05) is 11.8 Å². The van der Waals surface area contributed by atoms with Gasteiger partial charge in [-0.25, -0.2) is 4.68 Å². The predicted molar refractivity (Wildman–Crippen MR) is 73.0 cm³/mol. The van der Waals surface area contributed by atoms with Crippen molar-refractivity contribution in [2.45, 2.75) is 18.6 Å². The minimum absolute atomic E-state index is 0.0442. The summed E-state index contributed by atoms with van der Waals surface area (Å²) in [4.78, 5) is 10.7. The highest BCUT2D eigenvalue weighted by Crippen LogP contribution is 2.22. The summed E-state index contributed by atoms with van der Waals surface area (Å²) in [5.74, 6) is -0.380. The monoisotopic (exact) mass is 294 g/mol. The summed E-state index contributed by atoms with van der Waals surface area (Å²) < 4.78 is 6.62. The van der Waals surface area contributed by atoms with Gasteiger partial charge in [0.25, 0.3) is 0 Å². The van der Waals surface area contributed by atoms with E-state index in [4.69, 9.17) is 9.84 Å². The van der Waals surface area contributed by atoms with Crippen LogP contribution in [0.1, 0.15) is 11.4 Å². The highest BCUT2D eigenvalue weighted by Gasteiger charge is 2.13. The van der Waals surface area contributed by atoms with Crippen LogP contribution in [0.4, 0.5) is 0 Å². The minimum atomic E-state index is -0.883. The Kier molecular flexibility index (Phi) is 4.70. The van der Waals surface area contributed by atoms with Gasteiger partial charge in [-0.3, -0.25) is 4.79 Å². The Hall–Kier alpha value is -1.93. The van der Waals surface area contributed by atoms with Crippen LogP contribution in [0.5, 0.6) is 0 Å². The molecule has 0 saturated heterocycles. The first-order valence-electron chi connectivity index (χ1n) is 5.83. The zero-order valence-corrected chi connectivity index (χ0v) is 11.9. The Bertz CT molecular complexity index is 597. The quantitative estimate of drug-likeness (QED) is 0.803. The van der Waals surface area contributed by atoms with E-state index in [2.05, 4.69) is 15.3 Å². The number of carboxylic acid groups (broad SMARTS) is 1. The third-order valence-corrected chi connectivity index (χ3v) is 3.34. The fraction of sp³-hybridized carbons (Fsp3) is 0.333. The number of hydrogen-bond donors (Lipinski definition) is 1. The molecular formula is C12H14N4O3S. The molecule has 2 aromatic heterocycles. The van der Waals surface area contributed by atoms with Gasteiger partial charge in [0.1, 0.15) is 5.03 Å². The number of aromatic nitrogens is 4. The molecule has 1 N–H and O–H groups in total. The third kappa shape index (κ3) is 3.55. The smallest absolute Gasteiger partial charge is 0.313 e. The van der Waals surface area contributed by atoms with E-state index in [0.29, 0.717) is 23.1 Å². The molecule has 2 rings (SSSR count). The lowest BCUT2D eigenvalue weighted by Gasteiger charge is -2.04. The average molecular weight is 294 g/mol. The largest absolute Gasteiger partial charge is 0.481 e. The fourth-order valence-corrected chi connectivity index (χ4v) is 2.28. The summed E-state index contributed by atoms with van der Waals surface area (Å²) in [5.41, 5.74) is 1.51. The number of carbonyl (C=O) groups is 1. The number of aliphatic carboxylic acids is 1. The van der Waals surface area contributed by atoms with E-state index < -0.39 is 5.97 Å². The number of methoxy groups -OCH3 is 1. The van der Waals surface area contributed by atoms with Gasteiger partial charge < -0.3 is 9.84 Å². The molecule has 0 aliphatic heterocycles. The van der Waals surface area contributed by atoms with Crippen molar-refractivity contribution < 1.29 is 14.6 Å².